The number of fused-ring (bicyclic) bond motifs is 2. The van der Waals surface area contributed by atoms with Crippen molar-refractivity contribution in [3.63, 3.8) is 0 Å². The molecule has 24 heavy (non-hydrogen) atoms. The molecular weight excluding hydrogens is 308 g/mol. The van der Waals surface area contributed by atoms with Crippen LogP contribution in [0.5, 0.6) is 0 Å². The molecule has 1 N–H and O–H groups in total. The predicted molar refractivity (Wildman–Crippen MR) is 86.8 cm³/mol. The van der Waals surface area contributed by atoms with E-state index in [1.807, 2.05) is 13.0 Å². The van der Waals surface area contributed by atoms with Crippen molar-refractivity contribution in [2.75, 3.05) is 5.32 Å². The van der Waals surface area contributed by atoms with Gasteiger partial charge in [-0.05, 0) is 38.2 Å². The van der Waals surface area contributed by atoms with Crippen LogP contribution in [0.4, 0.5) is 5.82 Å². The minimum Gasteiger partial charge on any atom is -0.310 e. The molecule has 1 aromatic heterocycles. The van der Waals surface area contributed by atoms with Gasteiger partial charge in [-0.15, -0.1) is 0 Å². The van der Waals surface area contributed by atoms with Crippen molar-refractivity contribution in [1.82, 2.24) is 9.97 Å². The zero-order valence-corrected chi connectivity index (χ0v) is 13.2. The molecule has 0 radical (unpaired) electrons. The van der Waals surface area contributed by atoms with Crippen molar-refractivity contribution in [2.24, 2.45) is 0 Å². The maximum Gasteiger partial charge on any atom is 0.269 e. The summed E-state index contributed by atoms with van der Waals surface area (Å²) in [6.45, 7) is 1.87. The second-order valence-electron chi connectivity index (χ2n) is 6.47. The molecule has 1 spiro atoms. The molecular formula is C17H16N4O3. The molecule has 1 aromatic rings. The SMILES string of the molecule is Cc1ncnc2c1C1(CC3=C(CC/C=C\C([N+](=O)[O-])=C/3)C1)C(=O)N2. The third-order valence-corrected chi connectivity index (χ3v) is 5.08. The van der Waals surface area contributed by atoms with Crippen LogP contribution in [0.2, 0.25) is 0 Å². The Hall–Kier alpha value is -2.83. The van der Waals surface area contributed by atoms with Gasteiger partial charge >= 0.3 is 0 Å². The predicted octanol–water partition coefficient (Wildman–Crippen LogP) is 2.58. The molecule has 3 aliphatic rings. The summed E-state index contributed by atoms with van der Waals surface area (Å²) >= 11 is 0. The van der Waals surface area contributed by atoms with E-state index in [0.717, 1.165) is 35.2 Å². The first-order valence-electron chi connectivity index (χ1n) is 7.88. The lowest BCUT2D eigenvalue weighted by Gasteiger charge is -2.22. The summed E-state index contributed by atoms with van der Waals surface area (Å²) in [5.74, 6) is 0.483. The molecule has 0 saturated carbocycles. The molecule has 1 amide bonds. The van der Waals surface area contributed by atoms with Gasteiger partial charge in [0.25, 0.3) is 5.70 Å². The molecule has 1 unspecified atom stereocenters. The number of carbonyl (C=O) groups excluding carboxylic acids is 1. The van der Waals surface area contributed by atoms with Crippen LogP contribution < -0.4 is 5.32 Å². The van der Waals surface area contributed by atoms with E-state index < -0.39 is 5.41 Å². The number of aromatic nitrogens is 2. The zero-order valence-electron chi connectivity index (χ0n) is 13.2. The number of carbonyl (C=O) groups is 1. The van der Waals surface area contributed by atoms with Crippen LogP contribution in [0.25, 0.3) is 0 Å². The number of nitrogens with one attached hydrogen (secondary N) is 1. The number of nitrogens with zero attached hydrogens (tertiary/aromatic N) is 3. The maximum atomic E-state index is 12.8. The molecule has 2 heterocycles. The van der Waals surface area contributed by atoms with E-state index in [-0.39, 0.29) is 16.5 Å². The monoisotopic (exact) mass is 324 g/mol. The lowest BCUT2D eigenvalue weighted by molar-refractivity contribution is -0.419. The number of nitro groups is 1. The van der Waals surface area contributed by atoms with Crippen LogP contribution in [-0.4, -0.2) is 20.8 Å². The summed E-state index contributed by atoms with van der Waals surface area (Å²) in [5.41, 5.74) is 2.98. The third-order valence-electron chi connectivity index (χ3n) is 5.08. The van der Waals surface area contributed by atoms with E-state index >= 15 is 0 Å². The average Bonchev–Trinajstić information content (AvgIpc) is 2.99. The number of allylic oxidation sites excluding steroid dienone is 5. The van der Waals surface area contributed by atoms with Crippen LogP contribution in [0, 0.1) is 17.0 Å². The second-order valence-corrected chi connectivity index (χ2v) is 6.47. The number of hydrogen-bond acceptors (Lipinski definition) is 5. The van der Waals surface area contributed by atoms with Crippen molar-refractivity contribution in [3.8, 4) is 0 Å². The highest BCUT2D eigenvalue weighted by molar-refractivity contribution is 6.06. The number of anilines is 1. The first kappa shape index (κ1) is 14.7. The summed E-state index contributed by atoms with van der Waals surface area (Å²) in [7, 11) is 0. The van der Waals surface area contributed by atoms with E-state index in [0.29, 0.717) is 18.7 Å². The largest absolute Gasteiger partial charge is 0.310 e. The smallest absolute Gasteiger partial charge is 0.269 e. The molecule has 0 saturated heterocycles. The Balaban J connectivity index is 1.81. The van der Waals surface area contributed by atoms with Gasteiger partial charge in [-0.1, -0.05) is 11.6 Å². The number of amides is 1. The van der Waals surface area contributed by atoms with Crippen molar-refractivity contribution >= 4 is 11.7 Å². The summed E-state index contributed by atoms with van der Waals surface area (Å²) in [5, 5.41) is 14.1. The van der Waals surface area contributed by atoms with Crippen LogP contribution in [0.15, 0.2) is 41.4 Å². The third kappa shape index (κ3) is 2.01. The quantitative estimate of drug-likeness (QED) is 0.632. The number of aryl methyl sites for hydroxylation is 1. The Labute approximate surface area is 138 Å². The molecule has 0 fully saturated rings. The summed E-state index contributed by atoms with van der Waals surface area (Å²) in [4.78, 5) is 32.0. The van der Waals surface area contributed by atoms with Gasteiger partial charge in [0.15, 0.2) is 0 Å². The van der Waals surface area contributed by atoms with Crippen molar-refractivity contribution in [1.29, 1.82) is 0 Å². The molecule has 4 rings (SSSR count). The average molecular weight is 324 g/mol. The molecule has 7 nitrogen and oxygen atoms in total. The highest BCUT2D eigenvalue weighted by Gasteiger charge is 2.52. The molecule has 0 bridgehead atoms. The Kier molecular flexibility index (Phi) is 3.13. The number of hydrogen-bond donors (Lipinski definition) is 1. The van der Waals surface area contributed by atoms with Gasteiger partial charge in [0, 0.05) is 23.4 Å². The van der Waals surface area contributed by atoms with Gasteiger partial charge in [-0.25, -0.2) is 9.97 Å². The molecule has 7 heteroatoms. The Bertz CT molecular complexity index is 869. The minimum absolute atomic E-state index is 0.0684. The first-order chi connectivity index (χ1) is 11.5. The maximum absolute atomic E-state index is 12.8. The Morgan fingerprint density at radius 2 is 2.17 bits per heavy atom. The van der Waals surface area contributed by atoms with Gasteiger partial charge in [0.2, 0.25) is 5.91 Å². The normalized spacial score (nSPS) is 28.5. The summed E-state index contributed by atoms with van der Waals surface area (Å²) < 4.78 is 0. The highest BCUT2D eigenvalue weighted by Crippen LogP contribution is 2.52. The second kappa shape index (κ2) is 5.09. The lowest BCUT2D eigenvalue weighted by atomic mass is 9.77. The Morgan fingerprint density at radius 1 is 1.33 bits per heavy atom. The summed E-state index contributed by atoms with van der Waals surface area (Å²) in [6.07, 6.45) is 9.01. The molecule has 0 aromatic carbocycles. The van der Waals surface area contributed by atoms with E-state index in [1.54, 1.807) is 12.2 Å². The van der Waals surface area contributed by atoms with Gasteiger partial charge in [0.05, 0.1) is 10.3 Å². The van der Waals surface area contributed by atoms with E-state index in [4.69, 9.17) is 0 Å². The lowest BCUT2D eigenvalue weighted by Crippen LogP contribution is -2.32. The standard InChI is InChI=1S/C17H16N4O3/c1-10-14-15(19-9-18-10)20-16(22)17(14)7-11-4-2-3-5-13(21(23)24)6-12(11)8-17/h3,5-6,9H,2,4,7-8H2,1H3,(H,18,19,20,22)/b5-3-,13-6+. The number of rotatable bonds is 1. The molecule has 1 atom stereocenters. The van der Waals surface area contributed by atoms with Crippen LogP contribution in [0.3, 0.4) is 0 Å². The molecule has 122 valence electrons. The zero-order chi connectivity index (χ0) is 16.9. The van der Waals surface area contributed by atoms with Crippen LogP contribution in [0.1, 0.15) is 36.9 Å². The van der Waals surface area contributed by atoms with E-state index in [9.17, 15) is 14.9 Å². The van der Waals surface area contributed by atoms with Crippen LogP contribution >= 0.6 is 0 Å². The fourth-order valence-electron chi connectivity index (χ4n) is 4.01. The molecule has 2 aliphatic carbocycles. The first-order valence-corrected chi connectivity index (χ1v) is 7.88. The van der Waals surface area contributed by atoms with Crippen molar-refractivity contribution in [2.45, 2.75) is 38.0 Å². The topological polar surface area (TPSA) is 98.0 Å². The van der Waals surface area contributed by atoms with Crippen molar-refractivity contribution < 1.29 is 9.72 Å². The van der Waals surface area contributed by atoms with Crippen LogP contribution in [-0.2, 0) is 10.2 Å². The van der Waals surface area contributed by atoms with Gasteiger partial charge in [-0.3, -0.25) is 14.9 Å². The molecule has 1 aliphatic heterocycles. The van der Waals surface area contributed by atoms with Crippen molar-refractivity contribution in [3.05, 3.63) is 62.8 Å². The van der Waals surface area contributed by atoms with Gasteiger partial charge in [0.1, 0.15) is 12.1 Å². The highest BCUT2D eigenvalue weighted by atomic mass is 16.6. The summed E-state index contributed by atoms with van der Waals surface area (Å²) in [6, 6.07) is 0. The fraction of sp³-hybridized carbons (Fsp3) is 0.353. The van der Waals surface area contributed by atoms with E-state index in [2.05, 4.69) is 15.3 Å². The van der Waals surface area contributed by atoms with Gasteiger partial charge in [-0.2, -0.15) is 0 Å². The minimum atomic E-state index is -0.728. The van der Waals surface area contributed by atoms with Gasteiger partial charge < -0.3 is 5.32 Å². The van der Waals surface area contributed by atoms with E-state index in [1.165, 1.54) is 6.33 Å². The Morgan fingerprint density at radius 3 is 2.96 bits per heavy atom. The fourth-order valence-corrected chi connectivity index (χ4v) is 4.01.